The number of benzene rings is 1. The fourth-order valence-corrected chi connectivity index (χ4v) is 7.29. The van der Waals surface area contributed by atoms with Gasteiger partial charge in [-0.05, 0) is 76.5 Å². The Morgan fingerprint density at radius 1 is 0.837 bits per heavy atom. The van der Waals surface area contributed by atoms with E-state index in [2.05, 4.69) is 12.2 Å². The minimum atomic E-state index is -0.763. The van der Waals surface area contributed by atoms with E-state index in [1.807, 2.05) is 55.8 Å². The average molecular weight is 631 g/mol. The first kappa shape index (κ1) is 33.5. The SMILES string of the molecule is CN1C(=O)C2CC=CC(CCC(CCC3C=CCC4C(=O)N(C)C(=O)C34)(OCCO)c3ccccc3)C2C1=O.CP(C)Cl. The van der Waals surface area contributed by atoms with Crippen LogP contribution in [0.5, 0.6) is 0 Å². The zero-order valence-corrected chi connectivity index (χ0v) is 27.2. The third kappa shape index (κ3) is 7.14. The highest BCUT2D eigenvalue weighted by molar-refractivity contribution is 7.82. The molecule has 0 spiro atoms. The molecule has 4 amide bonds. The molecule has 2 heterocycles. The molecule has 2 fully saturated rings. The maximum atomic E-state index is 13.0. The van der Waals surface area contributed by atoms with E-state index in [0.717, 1.165) is 5.56 Å². The number of amides is 4. The van der Waals surface area contributed by atoms with Crippen LogP contribution in [0.25, 0.3) is 0 Å². The molecule has 1 aromatic carbocycles. The van der Waals surface area contributed by atoms with Crippen molar-refractivity contribution in [3.05, 3.63) is 60.2 Å². The molecule has 10 heteroatoms. The molecule has 2 aliphatic carbocycles. The van der Waals surface area contributed by atoms with Crippen LogP contribution in [0.1, 0.15) is 44.1 Å². The second-order valence-corrected chi connectivity index (χ2v) is 15.8. The molecular weight excluding hydrogens is 587 g/mol. The zero-order chi connectivity index (χ0) is 31.3. The number of ether oxygens (including phenoxy) is 1. The standard InChI is InChI=1S/C31H38N2O6.C2H6ClP/c1-32-27(35)23-12-6-8-20(25(23)29(32)37)14-16-31(39-19-18-34,22-10-4-3-5-11-22)17-15-21-9-7-13-24-26(21)30(38)33(2)28(24)36;1-4(2)3/h3-11,20-21,23-26,34H,12-19H2,1-2H3;1-2H3. The number of allylic oxidation sites excluding steroid dienone is 4. The van der Waals surface area contributed by atoms with Crippen molar-refractivity contribution in [2.75, 3.05) is 40.6 Å². The van der Waals surface area contributed by atoms with Crippen molar-refractivity contribution in [2.45, 2.75) is 44.1 Å². The summed E-state index contributed by atoms with van der Waals surface area (Å²) in [5.74, 6) is -1.98. The lowest BCUT2D eigenvalue weighted by Crippen LogP contribution is -2.36. The monoisotopic (exact) mass is 630 g/mol. The predicted octanol–water partition coefficient (Wildman–Crippen LogP) is 4.95. The lowest BCUT2D eigenvalue weighted by atomic mass is 9.71. The van der Waals surface area contributed by atoms with Crippen LogP contribution in [-0.2, 0) is 29.5 Å². The molecule has 43 heavy (non-hydrogen) atoms. The molecule has 0 bridgehead atoms. The van der Waals surface area contributed by atoms with Gasteiger partial charge in [0.15, 0.2) is 0 Å². The summed E-state index contributed by atoms with van der Waals surface area (Å²) >= 11 is 5.34. The van der Waals surface area contributed by atoms with Gasteiger partial charge in [-0.3, -0.25) is 29.0 Å². The van der Waals surface area contributed by atoms with Crippen LogP contribution in [0, 0.1) is 35.5 Å². The topological polar surface area (TPSA) is 104 Å². The molecule has 0 radical (unpaired) electrons. The molecule has 4 aliphatic rings. The molecule has 0 aromatic heterocycles. The lowest BCUT2D eigenvalue weighted by molar-refractivity contribution is -0.139. The van der Waals surface area contributed by atoms with Gasteiger partial charge in [-0.15, -0.1) is 0 Å². The normalized spacial score (nSPS) is 29.5. The smallest absolute Gasteiger partial charge is 0.233 e. The molecule has 6 unspecified atom stereocenters. The Morgan fingerprint density at radius 3 is 1.70 bits per heavy atom. The maximum Gasteiger partial charge on any atom is 0.233 e. The number of hydrogen-bond acceptors (Lipinski definition) is 6. The van der Waals surface area contributed by atoms with Gasteiger partial charge in [-0.25, -0.2) is 0 Å². The summed E-state index contributed by atoms with van der Waals surface area (Å²) < 4.78 is 6.49. The van der Waals surface area contributed by atoms with Crippen LogP contribution >= 0.6 is 18.5 Å². The summed E-state index contributed by atoms with van der Waals surface area (Å²) in [6.45, 7) is 4.01. The maximum absolute atomic E-state index is 13.0. The highest BCUT2D eigenvalue weighted by atomic mass is 35.7. The van der Waals surface area contributed by atoms with E-state index in [0.29, 0.717) is 38.5 Å². The Balaban J connectivity index is 0.000000996. The number of halogens is 1. The van der Waals surface area contributed by atoms with Gasteiger partial charge in [0, 0.05) is 14.1 Å². The number of carbonyl (C=O) groups is 4. The van der Waals surface area contributed by atoms with Gasteiger partial charge in [-0.1, -0.05) is 65.9 Å². The fraction of sp³-hybridized carbons (Fsp3) is 0.576. The van der Waals surface area contributed by atoms with Crippen molar-refractivity contribution in [1.82, 2.24) is 9.80 Å². The third-order valence-corrected chi connectivity index (χ3v) is 9.40. The van der Waals surface area contributed by atoms with E-state index in [4.69, 9.17) is 16.0 Å². The Hall–Kier alpha value is -2.38. The van der Waals surface area contributed by atoms with Gasteiger partial charge in [-0.2, -0.15) is 0 Å². The second kappa shape index (κ2) is 14.6. The van der Waals surface area contributed by atoms with Crippen LogP contribution in [0.15, 0.2) is 54.6 Å². The average Bonchev–Trinajstić information content (AvgIpc) is 3.37. The van der Waals surface area contributed by atoms with Crippen LogP contribution in [0.4, 0.5) is 0 Å². The fourth-order valence-electron chi connectivity index (χ4n) is 7.29. The van der Waals surface area contributed by atoms with Gasteiger partial charge in [0.2, 0.25) is 23.6 Å². The summed E-state index contributed by atoms with van der Waals surface area (Å²) in [5, 5.41) is 9.72. The number of rotatable bonds is 10. The Labute approximate surface area is 261 Å². The molecular formula is C33H44ClN2O6P. The van der Waals surface area contributed by atoms with E-state index in [1.165, 1.54) is 9.80 Å². The van der Waals surface area contributed by atoms with Crippen molar-refractivity contribution in [1.29, 1.82) is 0 Å². The molecule has 234 valence electrons. The number of aliphatic hydroxyl groups excluding tert-OH is 1. The van der Waals surface area contributed by atoms with Crippen molar-refractivity contribution in [3.63, 3.8) is 0 Å². The summed E-state index contributed by atoms with van der Waals surface area (Å²) in [7, 11) is 2.98. The molecule has 2 saturated heterocycles. The summed E-state index contributed by atoms with van der Waals surface area (Å²) in [6.07, 6.45) is 11.8. The highest BCUT2D eigenvalue weighted by Gasteiger charge is 2.51. The highest BCUT2D eigenvalue weighted by Crippen LogP contribution is 2.46. The minimum Gasteiger partial charge on any atom is -0.394 e. The largest absolute Gasteiger partial charge is 0.394 e. The number of nitrogens with zero attached hydrogens (tertiary/aromatic N) is 2. The minimum absolute atomic E-state index is 0.0902. The van der Waals surface area contributed by atoms with E-state index < -0.39 is 5.60 Å². The summed E-state index contributed by atoms with van der Waals surface area (Å²) in [5.41, 5.74) is 0.212. The quantitative estimate of drug-likeness (QED) is 0.223. The molecule has 1 N–H and O–H groups in total. The summed E-state index contributed by atoms with van der Waals surface area (Å²) in [4.78, 5) is 53.8. The molecule has 0 saturated carbocycles. The lowest BCUT2D eigenvalue weighted by Gasteiger charge is -2.38. The molecule has 6 atom stereocenters. The summed E-state index contributed by atoms with van der Waals surface area (Å²) in [6, 6.07) is 9.91. The second-order valence-electron chi connectivity index (χ2n) is 12.2. The van der Waals surface area contributed by atoms with Crippen molar-refractivity contribution in [3.8, 4) is 0 Å². The molecule has 8 nitrogen and oxygen atoms in total. The van der Waals surface area contributed by atoms with E-state index in [1.54, 1.807) is 14.1 Å². The number of fused-ring (bicyclic) bond motifs is 2. The first-order chi connectivity index (χ1) is 20.5. The molecule has 5 rings (SSSR count). The van der Waals surface area contributed by atoms with Gasteiger partial charge < -0.3 is 9.84 Å². The number of aliphatic hydroxyl groups is 1. The molecule has 1 aromatic rings. The van der Waals surface area contributed by atoms with Gasteiger partial charge >= 0.3 is 0 Å². The van der Waals surface area contributed by atoms with Crippen LogP contribution < -0.4 is 0 Å². The van der Waals surface area contributed by atoms with Crippen molar-refractivity contribution >= 4 is 42.1 Å². The first-order valence-corrected chi connectivity index (χ1v) is 18.3. The van der Waals surface area contributed by atoms with Crippen LogP contribution in [0.3, 0.4) is 0 Å². The number of imide groups is 2. The zero-order valence-electron chi connectivity index (χ0n) is 25.5. The Kier molecular flexibility index (Phi) is 11.4. The number of likely N-dealkylation sites (tertiary alicyclic amines) is 2. The van der Waals surface area contributed by atoms with Gasteiger partial charge in [0.1, 0.15) is 0 Å². The molecule has 2 aliphatic heterocycles. The Bertz CT molecular complexity index is 1170. The van der Waals surface area contributed by atoms with Crippen LogP contribution in [0.2, 0.25) is 0 Å². The van der Waals surface area contributed by atoms with Crippen LogP contribution in [-0.4, -0.2) is 79.2 Å². The van der Waals surface area contributed by atoms with E-state index in [9.17, 15) is 24.3 Å². The van der Waals surface area contributed by atoms with Crippen molar-refractivity contribution in [2.24, 2.45) is 35.5 Å². The van der Waals surface area contributed by atoms with Gasteiger partial charge in [0.05, 0.1) is 42.5 Å². The predicted molar refractivity (Wildman–Crippen MR) is 168 cm³/mol. The van der Waals surface area contributed by atoms with Crippen molar-refractivity contribution < 1.29 is 29.0 Å². The Morgan fingerprint density at radius 2 is 1.28 bits per heavy atom. The van der Waals surface area contributed by atoms with E-state index in [-0.39, 0.29) is 79.6 Å². The number of carbonyl (C=O) groups excluding carboxylic acids is 4. The van der Waals surface area contributed by atoms with E-state index >= 15 is 0 Å². The third-order valence-electron chi connectivity index (χ3n) is 9.40. The van der Waals surface area contributed by atoms with Gasteiger partial charge in [0.25, 0.3) is 0 Å². The first-order valence-electron chi connectivity index (χ1n) is 15.1. The number of hydrogen-bond donors (Lipinski definition) is 1.